The summed E-state index contributed by atoms with van der Waals surface area (Å²) in [6.45, 7) is 2.06. The number of esters is 1. The zero-order valence-corrected chi connectivity index (χ0v) is 12.0. The molecule has 0 aromatic heterocycles. The lowest BCUT2D eigenvalue weighted by atomic mass is 10.2. The predicted molar refractivity (Wildman–Crippen MR) is 74.1 cm³/mol. The molecule has 6 nitrogen and oxygen atoms in total. The van der Waals surface area contributed by atoms with Gasteiger partial charge in [-0.25, -0.2) is 4.79 Å². The van der Waals surface area contributed by atoms with Crippen LogP contribution >= 0.6 is 11.8 Å². The van der Waals surface area contributed by atoms with Gasteiger partial charge in [0.15, 0.2) is 0 Å². The molecule has 2 aliphatic rings. The van der Waals surface area contributed by atoms with E-state index in [0.29, 0.717) is 18.5 Å². The van der Waals surface area contributed by atoms with Crippen molar-refractivity contribution >= 4 is 23.8 Å². The molecule has 7 heteroatoms. The van der Waals surface area contributed by atoms with E-state index in [4.69, 9.17) is 5.11 Å². The summed E-state index contributed by atoms with van der Waals surface area (Å²) < 4.78 is 4.60. The summed E-state index contributed by atoms with van der Waals surface area (Å²) in [5.74, 6) is 1.93. The number of unbranched alkanes of at least 4 members (excludes halogenated alkanes) is 1. The molecule has 0 radical (unpaired) electrons. The highest BCUT2D eigenvalue weighted by atomic mass is 32.2. The predicted octanol–water partition coefficient (Wildman–Crippen LogP) is 0.495. The summed E-state index contributed by atoms with van der Waals surface area (Å²) >= 11 is 1.89. The molecule has 2 atom stereocenters. The fourth-order valence-electron chi connectivity index (χ4n) is 1.77. The fraction of sp³-hybridized carbons (Fsp3) is 0.833. The van der Waals surface area contributed by atoms with Crippen LogP contribution < -0.4 is 10.6 Å². The summed E-state index contributed by atoms with van der Waals surface area (Å²) in [7, 11) is 0. The Labute approximate surface area is 117 Å². The normalized spacial score (nSPS) is 23.8. The second-order valence-corrected chi connectivity index (χ2v) is 5.49. The van der Waals surface area contributed by atoms with Crippen molar-refractivity contribution in [2.24, 2.45) is 0 Å². The van der Waals surface area contributed by atoms with Gasteiger partial charge in [0.2, 0.25) is 0 Å². The minimum absolute atomic E-state index is 0.00491. The number of fused-ring (bicyclic) bond motifs is 1. The Morgan fingerprint density at radius 1 is 1.42 bits per heavy atom. The zero-order chi connectivity index (χ0) is 14.1. The van der Waals surface area contributed by atoms with Crippen molar-refractivity contribution in [3.63, 3.8) is 0 Å². The van der Waals surface area contributed by atoms with Crippen LogP contribution in [-0.2, 0) is 9.53 Å². The number of amides is 2. The number of hydrogen-bond acceptors (Lipinski definition) is 5. The molecule has 2 unspecified atom stereocenters. The van der Waals surface area contributed by atoms with Crippen molar-refractivity contribution in [2.45, 2.75) is 38.3 Å². The van der Waals surface area contributed by atoms with E-state index in [1.54, 1.807) is 0 Å². The Balaban J connectivity index is 0.000000190. The number of nitrogens with one attached hydrogen (secondary N) is 2. The molecule has 0 spiro atoms. The second-order valence-electron chi connectivity index (χ2n) is 4.42. The molecule has 110 valence electrons. The quantitative estimate of drug-likeness (QED) is 0.507. The number of rotatable bonds is 5. The summed E-state index contributed by atoms with van der Waals surface area (Å²) in [5, 5.41) is 14.0. The first-order valence-corrected chi connectivity index (χ1v) is 7.74. The smallest absolute Gasteiger partial charge is 0.315 e. The largest absolute Gasteiger partial charge is 0.463 e. The van der Waals surface area contributed by atoms with E-state index < -0.39 is 0 Å². The monoisotopic (exact) mass is 290 g/mol. The van der Waals surface area contributed by atoms with E-state index in [-0.39, 0.29) is 25.2 Å². The van der Waals surface area contributed by atoms with E-state index in [1.807, 2.05) is 18.7 Å². The number of carbonyl (C=O) groups is 2. The molecule has 2 saturated heterocycles. The van der Waals surface area contributed by atoms with Crippen molar-refractivity contribution in [2.75, 3.05) is 24.7 Å². The topological polar surface area (TPSA) is 87.7 Å². The van der Waals surface area contributed by atoms with Crippen molar-refractivity contribution in [3.05, 3.63) is 0 Å². The van der Waals surface area contributed by atoms with Gasteiger partial charge < -0.3 is 20.5 Å². The Kier molecular flexibility index (Phi) is 7.66. The van der Waals surface area contributed by atoms with E-state index in [0.717, 1.165) is 24.3 Å². The minimum Gasteiger partial charge on any atom is -0.463 e. The molecule has 0 bridgehead atoms. The minimum atomic E-state index is -0.212. The molecule has 2 amide bonds. The first-order chi connectivity index (χ1) is 9.17. The number of aliphatic hydroxyl groups excluding tert-OH is 1. The van der Waals surface area contributed by atoms with Crippen molar-refractivity contribution in [1.29, 1.82) is 0 Å². The molecule has 0 aromatic carbocycles. The standard InChI is InChI=1S/C7H14O3.C5H8N2OS/c1-2-3-4-7(9)10-6-5-8;8-5-6-3-1-9-2-4(3)7-5/h8H,2-6H2,1H3;3-4H,1-2H2,(H2,6,7,8). The second kappa shape index (κ2) is 9.03. The van der Waals surface area contributed by atoms with Gasteiger partial charge in [-0.1, -0.05) is 13.3 Å². The molecule has 2 fully saturated rings. The van der Waals surface area contributed by atoms with Gasteiger partial charge in [-0.05, 0) is 6.42 Å². The third kappa shape index (κ3) is 6.15. The van der Waals surface area contributed by atoms with E-state index >= 15 is 0 Å². The third-order valence-electron chi connectivity index (χ3n) is 2.80. The maximum Gasteiger partial charge on any atom is 0.315 e. The van der Waals surface area contributed by atoms with Crippen molar-refractivity contribution in [3.8, 4) is 0 Å². The van der Waals surface area contributed by atoms with Crippen LogP contribution in [-0.4, -0.2) is 53.9 Å². The molecule has 0 aromatic rings. The van der Waals surface area contributed by atoms with Gasteiger partial charge in [0.1, 0.15) is 6.61 Å². The van der Waals surface area contributed by atoms with Gasteiger partial charge in [0, 0.05) is 17.9 Å². The van der Waals surface area contributed by atoms with Gasteiger partial charge in [0.05, 0.1) is 18.7 Å². The maximum atomic E-state index is 10.6. The molecule has 3 N–H and O–H groups in total. The van der Waals surface area contributed by atoms with Gasteiger partial charge in [0.25, 0.3) is 0 Å². The van der Waals surface area contributed by atoms with Crippen LogP contribution in [0.1, 0.15) is 26.2 Å². The Bertz CT molecular complexity index is 277. The Morgan fingerprint density at radius 2 is 2.05 bits per heavy atom. The first-order valence-electron chi connectivity index (χ1n) is 6.58. The lowest BCUT2D eigenvalue weighted by molar-refractivity contribution is -0.144. The van der Waals surface area contributed by atoms with E-state index in [1.165, 1.54) is 0 Å². The molecule has 0 aliphatic carbocycles. The van der Waals surface area contributed by atoms with E-state index in [2.05, 4.69) is 15.4 Å². The van der Waals surface area contributed by atoms with Crippen LogP contribution in [0.3, 0.4) is 0 Å². The molecule has 0 saturated carbocycles. The number of carbonyl (C=O) groups excluding carboxylic acids is 2. The molecule has 2 heterocycles. The van der Waals surface area contributed by atoms with Crippen LogP contribution in [0, 0.1) is 0 Å². The fourth-order valence-corrected chi connectivity index (χ4v) is 3.05. The van der Waals surface area contributed by atoms with Gasteiger partial charge in [-0.2, -0.15) is 11.8 Å². The van der Waals surface area contributed by atoms with Crippen LogP contribution in [0.5, 0.6) is 0 Å². The van der Waals surface area contributed by atoms with Gasteiger partial charge in [-0.3, -0.25) is 4.79 Å². The third-order valence-corrected chi connectivity index (χ3v) is 3.99. The highest BCUT2D eigenvalue weighted by Crippen LogP contribution is 2.20. The molecular formula is C12H22N2O4S. The zero-order valence-electron chi connectivity index (χ0n) is 11.2. The summed E-state index contributed by atoms with van der Waals surface area (Å²) in [6.07, 6.45) is 2.33. The lowest BCUT2D eigenvalue weighted by Gasteiger charge is -2.02. The highest BCUT2D eigenvalue weighted by Gasteiger charge is 2.35. The van der Waals surface area contributed by atoms with Crippen LogP contribution in [0.25, 0.3) is 0 Å². The first kappa shape index (κ1) is 16.1. The number of hydrogen-bond donors (Lipinski definition) is 3. The van der Waals surface area contributed by atoms with Crippen LogP contribution in [0.4, 0.5) is 4.79 Å². The van der Waals surface area contributed by atoms with Crippen LogP contribution in [0.15, 0.2) is 0 Å². The van der Waals surface area contributed by atoms with Gasteiger partial charge in [-0.15, -0.1) is 0 Å². The summed E-state index contributed by atoms with van der Waals surface area (Å²) in [4.78, 5) is 21.3. The highest BCUT2D eigenvalue weighted by molar-refractivity contribution is 7.99. The molecule has 2 rings (SSSR count). The number of aliphatic hydroxyl groups is 1. The van der Waals surface area contributed by atoms with E-state index in [9.17, 15) is 9.59 Å². The van der Waals surface area contributed by atoms with Crippen molar-refractivity contribution < 1.29 is 19.4 Å². The number of thioether (sulfide) groups is 1. The number of urea groups is 1. The molecule has 19 heavy (non-hydrogen) atoms. The lowest BCUT2D eigenvalue weighted by Crippen LogP contribution is -2.31. The molecular weight excluding hydrogens is 268 g/mol. The summed E-state index contributed by atoms with van der Waals surface area (Å²) in [6, 6.07) is 0.815. The average Bonchev–Trinajstić information content (AvgIpc) is 2.94. The maximum absolute atomic E-state index is 10.6. The summed E-state index contributed by atoms with van der Waals surface area (Å²) in [5.41, 5.74) is 0. The Hall–Kier alpha value is -0.950. The van der Waals surface area contributed by atoms with Crippen molar-refractivity contribution in [1.82, 2.24) is 10.6 Å². The average molecular weight is 290 g/mol. The number of ether oxygens (including phenoxy) is 1. The molecule has 2 aliphatic heterocycles. The van der Waals surface area contributed by atoms with Crippen LogP contribution in [0.2, 0.25) is 0 Å². The Morgan fingerprint density at radius 3 is 2.58 bits per heavy atom. The SMILES string of the molecule is CCCCC(=O)OCCO.O=C1NC2CSCC2N1. The van der Waals surface area contributed by atoms with Gasteiger partial charge >= 0.3 is 12.0 Å².